The molecule has 0 spiro atoms. The Morgan fingerprint density at radius 3 is 2.87 bits per heavy atom. The highest BCUT2D eigenvalue weighted by molar-refractivity contribution is 9.10. The largest absolute Gasteiger partial charge is 0.495 e. The fourth-order valence-electron chi connectivity index (χ4n) is 1.69. The van der Waals surface area contributed by atoms with Gasteiger partial charge in [-0.1, -0.05) is 28.1 Å². The number of hydrogen-bond acceptors (Lipinski definition) is 2. The molecule has 15 heavy (non-hydrogen) atoms. The van der Waals surface area contributed by atoms with E-state index in [1.807, 2.05) is 30.3 Å². The molecule has 0 fully saturated rings. The SMILES string of the molecule is CC(O)(C1=CCCO1)c1cccc(Br)c1. The third-order valence-electron chi connectivity index (χ3n) is 2.57. The van der Waals surface area contributed by atoms with Gasteiger partial charge >= 0.3 is 0 Å². The monoisotopic (exact) mass is 268 g/mol. The van der Waals surface area contributed by atoms with E-state index in [4.69, 9.17) is 4.74 Å². The Labute approximate surface area is 97.7 Å². The first-order chi connectivity index (χ1) is 7.10. The molecule has 1 aromatic carbocycles. The summed E-state index contributed by atoms with van der Waals surface area (Å²) in [5, 5.41) is 10.4. The molecule has 1 unspecified atom stereocenters. The second kappa shape index (κ2) is 3.99. The molecular formula is C12H13BrO2. The summed E-state index contributed by atoms with van der Waals surface area (Å²) in [6.45, 7) is 2.42. The van der Waals surface area contributed by atoms with Crippen LogP contribution in [-0.4, -0.2) is 11.7 Å². The van der Waals surface area contributed by atoms with E-state index < -0.39 is 5.60 Å². The van der Waals surface area contributed by atoms with Crippen LogP contribution >= 0.6 is 15.9 Å². The minimum atomic E-state index is -1.03. The Bertz CT molecular complexity index is 396. The van der Waals surface area contributed by atoms with Crippen LogP contribution in [0.2, 0.25) is 0 Å². The molecule has 1 aliphatic heterocycles. The molecule has 3 heteroatoms. The van der Waals surface area contributed by atoms with Gasteiger partial charge < -0.3 is 9.84 Å². The van der Waals surface area contributed by atoms with Crippen molar-refractivity contribution in [1.82, 2.24) is 0 Å². The molecule has 1 N–H and O–H groups in total. The molecule has 2 nitrogen and oxygen atoms in total. The molecule has 1 aromatic rings. The Balaban J connectivity index is 2.36. The van der Waals surface area contributed by atoms with Gasteiger partial charge in [0.2, 0.25) is 0 Å². The van der Waals surface area contributed by atoms with E-state index in [-0.39, 0.29) is 0 Å². The molecule has 1 aliphatic rings. The molecule has 0 bridgehead atoms. The first kappa shape index (κ1) is 10.7. The van der Waals surface area contributed by atoms with Crippen molar-refractivity contribution in [3.8, 4) is 0 Å². The maximum atomic E-state index is 10.4. The van der Waals surface area contributed by atoms with E-state index in [2.05, 4.69) is 15.9 Å². The van der Waals surface area contributed by atoms with Gasteiger partial charge in [-0.15, -0.1) is 0 Å². The lowest BCUT2D eigenvalue weighted by Gasteiger charge is -2.24. The Hall–Kier alpha value is -0.800. The van der Waals surface area contributed by atoms with Gasteiger partial charge in [-0.25, -0.2) is 0 Å². The maximum Gasteiger partial charge on any atom is 0.143 e. The average molecular weight is 269 g/mol. The predicted molar refractivity (Wildman–Crippen MR) is 62.4 cm³/mol. The van der Waals surface area contributed by atoms with Gasteiger partial charge in [-0.3, -0.25) is 0 Å². The summed E-state index contributed by atoms with van der Waals surface area (Å²) in [5.41, 5.74) is -0.190. The molecule has 1 heterocycles. The van der Waals surface area contributed by atoms with E-state index >= 15 is 0 Å². The van der Waals surface area contributed by atoms with Gasteiger partial charge in [0.05, 0.1) is 6.61 Å². The zero-order chi connectivity index (χ0) is 10.9. The molecule has 0 radical (unpaired) electrons. The lowest BCUT2D eigenvalue weighted by molar-refractivity contribution is 0.0317. The highest BCUT2D eigenvalue weighted by Gasteiger charge is 2.31. The van der Waals surface area contributed by atoms with Crippen molar-refractivity contribution in [2.45, 2.75) is 18.9 Å². The van der Waals surface area contributed by atoms with E-state index in [1.54, 1.807) is 6.92 Å². The predicted octanol–water partition coefficient (Wildman–Crippen LogP) is 2.96. The third-order valence-corrected chi connectivity index (χ3v) is 3.06. The van der Waals surface area contributed by atoms with Crippen molar-refractivity contribution in [3.05, 3.63) is 46.1 Å². The summed E-state index contributed by atoms with van der Waals surface area (Å²) in [6, 6.07) is 7.64. The van der Waals surface area contributed by atoms with E-state index in [0.29, 0.717) is 12.4 Å². The molecular weight excluding hydrogens is 256 g/mol. The van der Waals surface area contributed by atoms with Crippen LogP contribution in [0.4, 0.5) is 0 Å². The number of benzene rings is 1. The summed E-state index contributed by atoms with van der Waals surface area (Å²) in [6.07, 6.45) is 2.82. The second-order valence-corrected chi connectivity index (χ2v) is 4.70. The maximum absolute atomic E-state index is 10.4. The van der Waals surface area contributed by atoms with E-state index in [9.17, 15) is 5.11 Å². The average Bonchev–Trinajstić information content (AvgIpc) is 2.71. The normalized spacial score (nSPS) is 19.3. The van der Waals surface area contributed by atoms with Crippen LogP contribution in [0.25, 0.3) is 0 Å². The number of ether oxygens (including phenoxy) is 1. The molecule has 0 amide bonds. The van der Waals surface area contributed by atoms with Crippen LogP contribution in [0.3, 0.4) is 0 Å². The van der Waals surface area contributed by atoms with Gasteiger partial charge in [-0.05, 0) is 30.7 Å². The first-order valence-corrected chi connectivity index (χ1v) is 5.72. The Morgan fingerprint density at radius 2 is 2.27 bits per heavy atom. The van der Waals surface area contributed by atoms with Crippen molar-refractivity contribution in [2.75, 3.05) is 6.61 Å². The zero-order valence-electron chi connectivity index (χ0n) is 8.53. The van der Waals surface area contributed by atoms with Crippen molar-refractivity contribution < 1.29 is 9.84 Å². The Morgan fingerprint density at radius 1 is 1.47 bits per heavy atom. The number of hydrogen-bond donors (Lipinski definition) is 1. The fraction of sp³-hybridized carbons (Fsp3) is 0.333. The third kappa shape index (κ3) is 2.08. The van der Waals surface area contributed by atoms with Crippen LogP contribution < -0.4 is 0 Å². The highest BCUT2D eigenvalue weighted by Crippen LogP contribution is 2.33. The van der Waals surface area contributed by atoms with Crippen molar-refractivity contribution in [1.29, 1.82) is 0 Å². The quantitative estimate of drug-likeness (QED) is 0.894. The van der Waals surface area contributed by atoms with Crippen molar-refractivity contribution >= 4 is 15.9 Å². The van der Waals surface area contributed by atoms with Crippen molar-refractivity contribution in [2.24, 2.45) is 0 Å². The van der Waals surface area contributed by atoms with Crippen molar-refractivity contribution in [3.63, 3.8) is 0 Å². The summed E-state index contributed by atoms with van der Waals surface area (Å²) >= 11 is 3.39. The molecule has 1 atom stereocenters. The summed E-state index contributed by atoms with van der Waals surface area (Å²) in [7, 11) is 0. The highest BCUT2D eigenvalue weighted by atomic mass is 79.9. The zero-order valence-corrected chi connectivity index (χ0v) is 10.1. The van der Waals surface area contributed by atoms with E-state index in [1.165, 1.54) is 0 Å². The topological polar surface area (TPSA) is 29.5 Å². The smallest absolute Gasteiger partial charge is 0.143 e. The van der Waals surface area contributed by atoms with Gasteiger partial charge in [-0.2, -0.15) is 0 Å². The molecule has 0 saturated heterocycles. The minimum Gasteiger partial charge on any atom is -0.495 e. The molecule has 80 valence electrons. The summed E-state index contributed by atoms with van der Waals surface area (Å²) < 4.78 is 6.37. The standard InChI is InChI=1S/C12H13BrO2/c1-12(14,11-6-3-7-15-11)9-4-2-5-10(13)8-9/h2,4-6,8,14H,3,7H2,1H3. The molecule has 2 rings (SSSR count). The van der Waals surface area contributed by atoms with Crippen LogP contribution in [0, 0.1) is 0 Å². The fourth-order valence-corrected chi connectivity index (χ4v) is 2.09. The van der Waals surface area contributed by atoms with Crippen LogP contribution in [0.1, 0.15) is 18.9 Å². The van der Waals surface area contributed by atoms with Gasteiger partial charge in [0.25, 0.3) is 0 Å². The Kier molecular flexibility index (Phi) is 2.85. The minimum absolute atomic E-state index is 0.653. The lowest BCUT2D eigenvalue weighted by atomic mass is 9.94. The van der Waals surface area contributed by atoms with Gasteiger partial charge in [0, 0.05) is 10.9 Å². The van der Waals surface area contributed by atoms with Crippen LogP contribution in [0.15, 0.2) is 40.6 Å². The summed E-state index contributed by atoms with van der Waals surface area (Å²) in [4.78, 5) is 0. The molecule has 0 aliphatic carbocycles. The number of aliphatic hydroxyl groups is 1. The number of halogens is 1. The van der Waals surface area contributed by atoms with E-state index in [0.717, 1.165) is 16.5 Å². The lowest BCUT2D eigenvalue weighted by Crippen LogP contribution is -2.24. The van der Waals surface area contributed by atoms with Crippen LogP contribution in [-0.2, 0) is 10.3 Å². The molecule has 0 saturated carbocycles. The first-order valence-electron chi connectivity index (χ1n) is 4.92. The number of rotatable bonds is 2. The van der Waals surface area contributed by atoms with Gasteiger partial charge in [0.1, 0.15) is 11.4 Å². The van der Waals surface area contributed by atoms with Crippen LogP contribution in [0.5, 0.6) is 0 Å². The molecule has 0 aromatic heterocycles. The van der Waals surface area contributed by atoms with Gasteiger partial charge in [0.15, 0.2) is 0 Å². The second-order valence-electron chi connectivity index (χ2n) is 3.79. The summed E-state index contributed by atoms with van der Waals surface area (Å²) in [5.74, 6) is 0.653.